The summed E-state index contributed by atoms with van der Waals surface area (Å²) in [6.45, 7) is 5.87. The standard InChI is InChI=1S/C25H34N2O6/c1-14(21(30)27-16(22(31)32)6-7-19(26)29)5-4-9-23(2)18(28)8-10-25-12-15-11-17(20(23)25)33-24(15,3)13-25/h5,8,10,15-17,20H,4,6-7,9,11-13H2,1-3H3,(H2,26,29)(H,27,30)(H,31,32)/b14-5+/t15?,16-,17-,20+,23+,24-,25-/m0/s1. The number of nitrogens with one attached hydrogen (secondary N) is 1. The Morgan fingerprint density at radius 2 is 2.09 bits per heavy atom. The summed E-state index contributed by atoms with van der Waals surface area (Å²) < 4.78 is 6.46. The van der Waals surface area contributed by atoms with Crippen LogP contribution in [0.25, 0.3) is 0 Å². The minimum atomic E-state index is -1.21. The van der Waals surface area contributed by atoms with Crippen LogP contribution in [0.5, 0.6) is 0 Å². The van der Waals surface area contributed by atoms with E-state index in [-0.39, 0.29) is 41.7 Å². The molecule has 7 atom stereocenters. The highest BCUT2D eigenvalue weighted by Gasteiger charge is 2.71. The van der Waals surface area contributed by atoms with E-state index in [1.807, 2.05) is 6.92 Å². The van der Waals surface area contributed by atoms with Crippen LogP contribution in [0.2, 0.25) is 0 Å². The van der Waals surface area contributed by atoms with Gasteiger partial charge in [-0.3, -0.25) is 14.4 Å². The molecule has 2 heterocycles. The lowest BCUT2D eigenvalue weighted by atomic mass is 9.51. The molecule has 2 saturated heterocycles. The van der Waals surface area contributed by atoms with Crippen LogP contribution in [0, 0.1) is 22.7 Å². The Morgan fingerprint density at radius 1 is 1.36 bits per heavy atom. The topological polar surface area (TPSA) is 136 Å². The van der Waals surface area contributed by atoms with Crippen LogP contribution in [0.3, 0.4) is 0 Å². The first-order valence-corrected chi connectivity index (χ1v) is 11.8. The van der Waals surface area contributed by atoms with Crippen molar-refractivity contribution in [2.75, 3.05) is 0 Å². The Morgan fingerprint density at radius 3 is 2.73 bits per heavy atom. The number of hydrogen-bond acceptors (Lipinski definition) is 5. The van der Waals surface area contributed by atoms with E-state index in [1.165, 1.54) is 0 Å². The van der Waals surface area contributed by atoms with Crippen molar-refractivity contribution in [2.24, 2.45) is 28.4 Å². The van der Waals surface area contributed by atoms with Crippen molar-refractivity contribution in [3.05, 3.63) is 23.8 Å². The van der Waals surface area contributed by atoms with Gasteiger partial charge in [0.2, 0.25) is 11.8 Å². The van der Waals surface area contributed by atoms with Crippen LogP contribution in [-0.2, 0) is 23.9 Å². The lowest BCUT2D eigenvalue weighted by molar-refractivity contribution is -0.168. The van der Waals surface area contributed by atoms with Crippen LogP contribution >= 0.6 is 0 Å². The molecular weight excluding hydrogens is 424 g/mol. The molecule has 2 aliphatic heterocycles. The molecular formula is C25H34N2O6. The van der Waals surface area contributed by atoms with E-state index in [2.05, 4.69) is 18.3 Å². The Labute approximate surface area is 194 Å². The van der Waals surface area contributed by atoms with Crippen molar-refractivity contribution in [3.63, 3.8) is 0 Å². The number of carbonyl (C=O) groups is 4. The van der Waals surface area contributed by atoms with Gasteiger partial charge in [-0.25, -0.2) is 4.79 Å². The van der Waals surface area contributed by atoms with Crippen LogP contribution in [0.15, 0.2) is 23.8 Å². The van der Waals surface area contributed by atoms with Gasteiger partial charge in [-0.15, -0.1) is 0 Å². The Bertz CT molecular complexity index is 957. The number of hydrogen-bond donors (Lipinski definition) is 3. The minimum Gasteiger partial charge on any atom is -0.480 e. The predicted octanol–water partition coefficient (Wildman–Crippen LogP) is 2.27. The maximum Gasteiger partial charge on any atom is 0.326 e. The van der Waals surface area contributed by atoms with E-state index >= 15 is 0 Å². The molecule has 0 aromatic rings. The molecule has 2 amide bonds. The molecule has 1 unspecified atom stereocenters. The number of aliphatic carboxylic acids is 1. The van der Waals surface area contributed by atoms with E-state index in [1.54, 1.807) is 19.1 Å². The van der Waals surface area contributed by atoms with Gasteiger partial charge >= 0.3 is 5.97 Å². The van der Waals surface area contributed by atoms with Gasteiger partial charge in [0.25, 0.3) is 0 Å². The molecule has 1 spiro atoms. The summed E-state index contributed by atoms with van der Waals surface area (Å²) in [5.41, 5.74) is 4.86. The van der Waals surface area contributed by atoms with Gasteiger partial charge in [0.05, 0.1) is 11.7 Å². The maximum atomic E-state index is 13.1. The fourth-order valence-electron chi connectivity index (χ4n) is 7.14. The summed E-state index contributed by atoms with van der Waals surface area (Å²) in [5, 5.41) is 11.7. The number of allylic oxidation sites excluding steroid dienone is 3. The van der Waals surface area contributed by atoms with E-state index in [0.29, 0.717) is 24.3 Å². The maximum absolute atomic E-state index is 13.1. The zero-order valence-electron chi connectivity index (χ0n) is 19.6. The summed E-state index contributed by atoms with van der Waals surface area (Å²) >= 11 is 0. The monoisotopic (exact) mass is 458 g/mol. The summed E-state index contributed by atoms with van der Waals surface area (Å²) in [4.78, 5) is 47.9. The average Bonchev–Trinajstić information content (AvgIpc) is 3.09. The van der Waals surface area contributed by atoms with Crippen molar-refractivity contribution in [1.29, 1.82) is 0 Å². The molecule has 5 aliphatic rings. The fraction of sp³-hybridized carbons (Fsp3) is 0.680. The molecule has 3 aliphatic carbocycles. The summed E-state index contributed by atoms with van der Waals surface area (Å²) in [5.74, 6) is -1.52. The average molecular weight is 459 g/mol. The van der Waals surface area contributed by atoms with E-state index < -0.39 is 29.2 Å². The second kappa shape index (κ2) is 8.08. The van der Waals surface area contributed by atoms with Gasteiger partial charge < -0.3 is 20.9 Å². The second-order valence-corrected chi connectivity index (χ2v) is 10.9. The van der Waals surface area contributed by atoms with Gasteiger partial charge in [-0.2, -0.15) is 0 Å². The van der Waals surface area contributed by atoms with Crippen molar-refractivity contribution in [2.45, 2.75) is 83.5 Å². The lowest BCUT2D eigenvalue weighted by Gasteiger charge is -2.55. The van der Waals surface area contributed by atoms with Crippen molar-refractivity contribution < 1.29 is 29.0 Å². The van der Waals surface area contributed by atoms with Gasteiger partial charge in [0.1, 0.15) is 6.04 Å². The predicted molar refractivity (Wildman–Crippen MR) is 120 cm³/mol. The highest BCUT2D eigenvalue weighted by atomic mass is 16.5. The second-order valence-electron chi connectivity index (χ2n) is 10.9. The SMILES string of the molecule is C/C(=C\CC[C@]1(C)C(=O)C=C[C@]23CC4C[C@H](O[C@@]4(C)C2)[C@@H]31)C(=O)N[C@@H](CCC(N)=O)C(=O)O. The molecule has 0 aromatic carbocycles. The van der Waals surface area contributed by atoms with Crippen LogP contribution in [0.4, 0.5) is 0 Å². The number of ether oxygens (including phenoxy) is 1. The fourth-order valence-corrected chi connectivity index (χ4v) is 7.14. The quantitative estimate of drug-likeness (QED) is 0.454. The molecule has 4 bridgehead atoms. The van der Waals surface area contributed by atoms with E-state index in [9.17, 15) is 24.3 Å². The van der Waals surface area contributed by atoms with Crippen LogP contribution in [0.1, 0.15) is 65.7 Å². The number of ketones is 1. The van der Waals surface area contributed by atoms with Gasteiger partial charge in [0, 0.05) is 23.3 Å². The zero-order valence-corrected chi connectivity index (χ0v) is 19.6. The Hall–Kier alpha value is -2.48. The minimum absolute atomic E-state index is 0.0223. The third-order valence-corrected chi connectivity index (χ3v) is 8.67. The number of carboxylic acids is 1. The molecule has 2 saturated carbocycles. The molecule has 5 rings (SSSR count). The van der Waals surface area contributed by atoms with Crippen LogP contribution in [-0.4, -0.2) is 46.4 Å². The summed E-state index contributed by atoms with van der Waals surface area (Å²) in [6, 6.07) is -1.18. The number of nitrogens with two attached hydrogens (primary N) is 1. The zero-order chi connectivity index (χ0) is 24.2. The Balaban J connectivity index is 1.42. The molecule has 8 heteroatoms. The van der Waals surface area contributed by atoms with Gasteiger partial charge in [-0.05, 0) is 69.8 Å². The summed E-state index contributed by atoms with van der Waals surface area (Å²) in [6.07, 6.45) is 9.76. The molecule has 4 fully saturated rings. The molecule has 0 radical (unpaired) electrons. The molecule has 180 valence electrons. The first-order chi connectivity index (χ1) is 15.4. The van der Waals surface area contributed by atoms with Crippen LogP contribution < -0.4 is 11.1 Å². The Kier molecular flexibility index (Phi) is 5.79. The normalized spacial score (nSPS) is 39.4. The smallest absolute Gasteiger partial charge is 0.326 e. The first-order valence-electron chi connectivity index (χ1n) is 11.8. The van der Waals surface area contributed by atoms with Crippen molar-refractivity contribution in [3.8, 4) is 0 Å². The third kappa shape index (κ3) is 3.92. The largest absolute Gasteiger partial charge is 0.480 e. The molecule has 0 aromatic heterocycles. The third-order valence-electron chi connectivity index (χ3n) is 8.67. The lowest BCUT2D eigenvalue weighted by Crippen LogP contribution is -2.56. The van der Waals surface area contributed by atoms with Gasteiger partial charge in [0.15, 0.2) is 5.78 Å². The number of primary amides is 1. The number of rotatable bonds is 9. The molecule has 4 N–H and O–H groups in total. The van der Waals surface area contributed by atoms with E-state index in [4.69, 9.17) is 10.5 Å². The van der Waals surface area contributed by atoms with E-state index in [0.717, 1.165) is 19.3 Å². The number of carboxylic acid groups (broad SMARTS) is 1. The first kappa shape index (κ1) is 23.7. The number of carbonyl (C=O) groups excluding carboxylic acids is 3. The highest BCUT2D eigenvalue weighted by molar-refractivity contribution is 5.97. The van der Waals surface area contributed by atoms with Crippen molar-refractivity contribution >= 4 is 23.6 Å². The molecule has 33 heavy (non-hydrogen) atoms. The van der Waals surface area contributed by atoms with Gasteiger partial charge in [-0.1, -0.05) is 19.1 Å². The number of amides is 2. The summed E-state index contributed by atoms with van der Waals surface area (Å²) in [7, 11) is 0. The highest BCUT2D eigenvalue weighted by Crippen LogP contribution is 2.71. The molecule has 8 nitrogen and oxygen atoms in total. The van der Waals surface area contributed by atoms with Crippen molar-refractivity contribution in [1.82, 2.24) is 5.32 Å².